The number of likely N-dealkylation sites (N-methyl/N-ethyl adjacent to an activating group) is 1. The second kappa shape index (κ2) is 5.78. The maximum absolute atomic E-state index is 13.7. The summed E-state index contributed by atoms with van der Waals surface area (Å²) in [5, 5.41) is 0. The number of ether oxygens (including phenoxy) is 1. The van der Waals surface area contributed by atoms with E-state index in [4.69, 9.17) is 10.5 Å². The maximum Gasteiger partial charge on any atom is 0.127 e. The normalized spacial score (nSPS) is 24.4. The minimum Gasteiger partial charge on any atom is -0.379 e. The first-order valence-electron chi connectivity index (χ1n) is 6.40. The molecule has 1 saturated heterocycles. The molecule has 3 nitrogen and oxygen atoms in total. The summed E-state index contributed by atoms with van der Waals surface area (Å²) in [6, 6.07) is 6.88. The summed E-state index contributed by atoms with van der Waals surface area (Å²) in [6.07, 6.45) is 2.02. The molecule has 100 valence electrons. The number of halogens is 1. The lowest BCUT2D eigenvalue weighted by molar-refractivity contribution is -0.0378. The molecule has 1 unspecified atom stereocenters. The molecule has 1 aliphatic rings. The predicted molar refractivity (Wildman–Crippen MR) is 69.7 cm³/mol. The van der Waals surface area contributed by atoms with Crippen LogP contribution >= 0.6 is 0 Å². The zero-order valence-corrected chi connectivity index (χ0v) is 10.9. The van der Waals surface area contributed by atoms with E-state index < -0.39 is 0 Å². The van der Waals surface area contributed by atoms with Crippen LogP contribution in [0, 0.1) is 5.82 Å². The lowest BCUT2D eigenvalue weighted by Gasteiger charge is -2.43. The van der Waals surface area contributed by atoms with Gasteiger partial charge in [0.05, 0.1) is 12.1 Å². The van der Waals surface area contributed by atoms with E-state index in [1.807, 2.05) is 19.2 Å². The van der Waals surface area contributed by atoms with Crippen LogP contribution in [0.25, 0.3) is 0 Å². The minimum atomic E-state index is -0.159. The standard InChI is InChI=1S/C14H21FN2O/c1-17(9-12-5-2-3-6-13(12)15)14(10-16)7-4-8-18-11-14/h2-3,5-6H,4,7-11,16H2,1H3. The van der Waals surface area contributed by atoms with Gasteiger partial charge in [-0.1, -0.05) is 18.2 Å². The lowest BCUT2D eigenvalue weighted by atomic mass is 9.90. The van der Waals surface area contributed by atoms with Crippen LogP contribution in [0.5, 0.6) is 0 Å². The second-order valence-corrected chi connectivity index (χ2v) is 5.03. The molecule has 0 radical (unpaired) electrons. The van der Waals surface area contributed by atoms with Crippen LogP contribution in [0.15, 0.2) is 24.3 Å². The van der Waals surface area contributed by atoms with Crippen molar-refractivity contribution in [3.05, 3.63) is 35.6 Å². The van der Waals surface area contributed by atoms with Crippen molar-refractivity contribution < 1.29 is 9.13 Å². The third kappa shape index (κ3) is 2.71. The van der Waals surface area contributed by atoms with Gasteiger partial charge in [-0.25, -0.2) is 4.39 Å². The molecular weight excluding hydrogens is 231 g/mol. The Morgan fingerprint density at radius 2 is 2.22 bits per heavy atom. The molecule has 1 aromatic rings. The van der Waals surface area contributed by atoms with Gasteiger partial charge in [0.1, 0.15) is 5.82 Å². The Bertz CT molecular complexity index is 391. The SMILES string of the molecule is CN(Cc1ccccc1F)C1(CN)CCCOC1. The summed E-state index contributed by atoms with van der Waals surface area (Å²) >= 11 is 0. The summed E-state index contributed by atoms with van der Waals surface area (Å²) < 4.78 is 19.2. The van der Waals surface area contributed by atoms with Gasteiger partial charge in [0.2, 0.25) is 0 Å². The van der Waals surface area contributed by atoms with Crippen LogP contribution in [-0.4, -0.2) is 37.2 Å². The van der Waals surface area contributed by atoms with E-state index in [-0.39, 0.29) is 11.4 Å². The van der Waals surface area contributed by atoms with Crippen LogP contribution in [0.4, 0.5) is 4.39 Å². The molecule has 0 saturated carbocycles. The third-order valence-corrected chi connectivity index (χ3v) is 3.86. The molecule has 0 amide bonds. The van der Waals surface area contributed by atoms with Crippen molar-refractivity contribution in [2.45, 2.75) is 24.9 Å². The number of nitrogens with zero attached hydrogens (tertiary/aromatic N) is 1. The van der Waals surface area contributed by atoms with Crippen molar-refractivity contribution in [1.29, 1.82) is 0 Å². The molecule has 1 aromatic carbocycles. The van der Waals surface area contributed by atoms with Crippen molar-refractivity contribution in [3.8, 4) is 0 Å². The Labute approximate surface area is 108 Å². The number of hydrogen-bond acceptors (Lipinski definition) is 3. The zero-order chi connectivity index (χ0) is 13.0. The topological polar surface area (TPSA) is 38.5 Å². The van der Waals surface area contributed by atoms with Crippen molar-refractivity contribution in [2.75, 3.05) is 26.8 Å². The average Bonchev–Trinajstić information content (AvgIpc) is 2.42. The Morgan fingerprint density at radius 3 is 2.83 bits per heavy atom. The predicted octanol–water partition coefficient (Wildman–Crippen LogP) is 1.77. The first-order valence-corrected chi connectivity index (χ1v) is 6.40. The van der Waals surface area contributed by atoms with Gasteiger partial charge in [0.25, 0.3) is 0 Å². The molecule has 1 fully saturated rings. The van der Waals surface area contributed by atoms with Gasteiger partial charge < -0.3 is 10.5 Å². The van der Waals surface area contributed by atoms with Crippen LogP contribution in [0.1, 0.15) is 18.4 Å². The highest BCUT2D eigenvalue weighted by molar-refractivity contribution is 5.17. The van der Waals surface area contributed by atoms with Crippen LogP contribution in [0.3, 0.4) is 0 Å². The number of hydrogen-bond donors (Lipinski definition) is 1. The molecule has 1 heterocycles. The van der Waals surface area contributed by atoms with E-state index in [9.17, 15) is 4.39 Å². The molecule has 2 N–H and O–H groups in total. The largest absolute Gasteiger partial charge is 0.379 e. The van der Waals surface area contributed by atoms with Crippen molar-refractivity contribution >= 4 is 0 Å². The molecule has 1 atom stereocenters. The molecule has 0 aliphatic carbocycles. The van der Waals surface area contributed by atoms with E-state index in [1.54, 1.807) is 6.07 Å². The summed E-state index contributed by atoms with van der Waals surface area (Å²) in [7, 11) is 1.99. The summed E-state index contributed by atoms with van der Waals surface area (Å²) in [4.78, 5) is 2.13. The summed E-state index contributed by atoms with van der Waals surface area (Å²) in [6.45, 7) is 2.54. The Hall–Kier alpha value is -0.970. The maximum atomic E-state index is 13.7. The third-order valence-electron chi connectivity index (χ3n) is 3.86. The van der Waals surface area contributed by atoms with E-state index in [0.717, 1.165) is 19.4 Å². The fourth-order valence-corrected chi connectivity index (χ4v) is 2.51. The molecular formula is C14H21FN2O. The van der Waals surface area contributed by atoms with E-state index >= 15 is 0 Å². The Kier molecular flexibility index (Phi) is 4.32. The average molecular weight is 252 g/mol. The van der Waals surface area contributed by atoms with E-state index in [0.29, 0.717) is 25.3 Å². The Balaban J connectivity index is 2.10. The van der Waals surface area contributed by atoms with E-state index in [2.05, 4.69) is 4.90 Å². The summed E-state index contributed by atoms with van der Waals surface area (Å²) in [5.74, 6) is -0.159. The smallest absolute Gasteiger partial charge is 0.127 e. The Morgan fingerprint density at radius 1 is 1.44 bits per heavy atom. The van der Waals surface area contributed by atoms with Crippen molar-refractivity contribution in [2.24, 2.45) is 5.73 Å². The van der Waals surface area contributed by atoms with Gasteiger partial charge in [0.15, 0.2) is 0 Å². The highest BCUT2D eigenvalue weighted by Crippen LogP contribution is 2.26. The van der Waals surface area contributed by atoms with Gasteiger partial charge >= 0.3 is 0 Å². The molecule has 4 heteroatoms. The van der Waals surface area contributed by atoms with Crippen molar-refractivity contribution in [3.63, 3.8) is 0 Å². The van der Waals surface area contributed by atoms with Crippen molar-refractivity contribution in [1.82, 2.24) is 4.90 Å². The van der Waals surface area contributed by atoms with Gasteiger partial charge in [-0.15, -0.1) is 0 Å². The monoisotopic (exact) mass is 252 g/mol. The van der Waals surface area contributed by atoms with Gasteiger partial charge in [-0.2, -0.15) is 0 Å². The fraction of sp³-hybridized carbons (Fsp3) is 0.571. The molecule has 0 bridgehead atoms. The first kappa shape index (κ1) is 13.5. The molecule has 1 aliphatic heterocycles. The molecule has 2 rings (SSSR count). The highest BCUT2D eigenvalue weighted by atomic mass is 19.1. The summed E-state index contributed by atoms with van der Waals surface area (Å²) in [5.41, 5.74) is 6.47. The fourth-order valence-electron chi connectivity index (χ4n) is 2.51. The van der Waals surface area contributed by atoms with Crippen LogP contribution in [-0.2, 0) is 11.3 Å². The zero-order valence-electron chi connectivity index (χ0n) is 10.9. The van der Waals surface area contributed by atoms with Gasteiger partial charge in [-0.05, 0) is 26.0 Å². The number of rotatable bonds is 4. The number of nitrogens with two attached hydrogens (primary N) is 1. The van der Waals surface area contributed by atoms with Gasteiger partial charge in [-0.3, -0.25) is 4.90 Å². The second-order valence-electron chi connectivity index (χ2n) is 5.03. The van der Waals surface area contributed by atoms with E-state index in [1.165, 1.54) is 6.07 Å². The lowest BCUT2D eigenvalue weighted by Crippen LogP contribution is -2.56. The van der Waals surface area contributed by atoms with Crippen LogP contribution in [0.2, 0.25) is 0 Å². The molecule has 18 heavy (non-hydrogen) atoms. The van der Waals surface area contributed by atoms with Gasteiger partial charge in [0, 0.05) is 25.3 Å². The minimum absolute atomic E-state index is 0.152. The number of benzene rings is 1. The quantitative estimate of drug-likeness (QED) is 0.887. The first-order chi connectivity index (χ1) is 8.68. The molecule has 0 spiro atoms. The van der Waals surface area contributed by atoms with Crippen LogP contribution < -0.4 is 5.73 Å². The molecule has 0 aromatic heterocycles. The highest BCUT2D eigenvalue weighted by Gasteiger charge is 2.35.